The van der Waals surface area contributed by atoms with E-state index in [2.05, 4.69) is 0 Å². The first-order chi connectivity index (χ1) is 9.43. The highest BCUT2D eigenvalue weighted by Crippen LogP contribution is 2.34. The third kappa shape index (κ3) is 3.49. The first-order valence-corrected chi connectivity index (χ1v) is 8.02. The molecule has 1 aromatic carbocycles. The minimum Gasteiger partial charge on any atom is -0.465 e. The molecule has 2 rings (SSSR count). The van der Waals surface area contributed by atoms with Crippen LogP contribution in [-0.2, 0) is 19.6 Å². The molecule has 20 heavy (non-hydrogen) atoms. The molecule has 110 valence electrons. The molecule has 0 saturated heterocycles. The number of carbonyl (C=O) groups is 1. The van der Waals surface area contributed by atoms with Crippen LogP contribution in [0.25, 0.3) is 0 Å². The summed E-state index contributed by atoms with van der Waals surface area (Å²) in [5.74, 6) is -0.372. The van der Waals surface area contributed by atoms with E-state index in [0.29, 0.717) is 12.3 Å². The third-order valence-corrected chi connectivity index (χ3v) is 4.03. The molecular formula is C13H18N2O4S. The van der Waals surface area contributed by atoms with Gasteiger partial charge in [-0.25, -0.2) is 13.6 Å². The standard InChI is InChI=1S/C13H18N2O4S/c1-2-19-13(16)9-15(10-7-8-10)11-5-3-4-6-12(11)20(14,17)18/h3-6,10H,2,7-9H2,1H3,(H2,14,17,18). The number of hydrogen-bond acceptors (Lipinski definition) is 5. The Hall–Kier alpha value is -1.60. The number of benzene rings is 1. The Morgan fingerprint density at radius 1 is 1.40 bits per heavy atom. The molecule has 0 bridgehead atoms. The van der Waals surface area contributed by atoms with E-state index in [0.717, 1.165) is 12.8 Å². The van der Waals surface area contributed by atoms with Crippen LogP contribution in [0, 0.1) is 0 Å². The normalized spacial score (nSPS) is 14.9. The zero-order valence-corrected chi connectivity index (χ0v) is 12.1. The highest BCUT2D eigenvalue weighted by atomic mass is 32.2. The Kier molecular flexibility index (Phi) is 4.29. The van der Waals surface area contributed by atoms with Crippen molar-refractivity contribution >= 4 is 21.7 Å². The van der Waals surface area contributed by atoms with E-state index in [4.69, 9.17) is 9.88 Å². The zero-order chi connectivity index (χ0) is 14.8. The lowest BCUT2D eigenvalue weighted by Gasteiger charge is -2.25. The second-order valence-corrected chi connectivity index (χ2v) is 6.21. The van der Waals surface area contributed by atoms with Crippen LogP contribution in [0.1, 0.15) is 19.8 Å². The Labute approximate surface area is 118 Å². The predicted molar refractivity (Wildman–Crippen MR) is 74.8 cm³/mol. The fourth-order valence-corrected chi connectivity index (χ4v) is 2.82. The number of nitrogens with two attached hydrogens (primary N) is 1. The summed E-state index contributed by atoms with van der Waals surface area (Å²) in [4.78, 5) is 13.5. The van der Waals surface area contributed by atoms with Crippen molar-refractivity contribution in [1.82, 2.24) is 0 Å². The predicted octanol–water partition coefficient (Wildman–Crippen LogP) is 0.866. The van der Waals surface area contributed by atoms with Crippen LogP contribution in [0.15, 0.2) is 29.2 Å². The summed E-state index contributed by atoms with van der Waals surface area (Å²) in [6, 6.07) is 6.62. The first-order valence-electron chi connectivity index (χ1n) is 6.47. The quantitative estimate of drug-likeness (QED) is 0.787. The van der Waals surface area contributed by atoms with Gasteiger partial charge >= 0.3 is 5.97 Å². The van der Waals surface area contributed by atoms with E-state index >= 15 is 0 Å². The molecule has 7 heteroatoms. The Morgan fingerprint density at radius 2 is 2.05 bits per heavy atom. The summed E-state index contributed by atoms with van der Waals surface area (Å²) in [5, 5.41) is 5.23. The summed E-state index contributed by atoms with van der Waals surface area (Å²) in [6.07, 6.45) is 1.86. The fraction of sp³-hybridized carbons (Fsp3) is 0.462. The van der Waals surface area contributed by atoms with Crippen molar-refractivity contribution in [3.05, 3.63) is 24.3 Å². The summed E-state index contributed by atoms with van der Waals surface area (Å²) >= 11 is 0. The van der Waals surface area contributed by atoms with Crippen molar-refractivity contribution in [2.75, 3.05) is 18.1 Å². The molecule has 1 saturated carbocycles. The van der Waals surface area contributed by atoms with Crippen LogP contribution in [0.2, 0.25) is 0 Å². The summed E-state index contributed by atoms with van der Waals surface area (Å²) in [5.41, 5.74) is 0.463. The maximum absolute atomic E-state index is 11.7. The number of rotatable bonds is 6. The van der Waals surface area contributed by atoms with Gasteiger partial charge in [-0.15, -0.1) is 0 Å². The molecule has 0 unspecified atom stereocenters. The maximum atomic E-state index is 11.7. The van der Waals surface area contributed by atoms with Crippen LogP contribution in [-0.4, -0.2) is 33.6 Å². The average Bonchev–Trinajstić information content (AvgIpc) is 3.19. The topological polar surface area (TPSA) is 89.7 Å². The highest BCUT2D eigenvalue weighted by molar-refractivity contribution is 7.89. The van der Waals surface area contributed by atoms with Crippen molar-refractivity contribution < 1.29 is 17.9 Å². The van der Waals surface area contributed by atoms with Gasteiger partial charge in [-0.2, -0.15) is 0 Å². The Bertz CT molecular complexity index is 596. The van der Waals surface area contributed by atoms with Gasteiger partial charge in [-0.3, -0.25) is 4.79 Å². The van der Waals surface area contributed by atoms with Crippen molar-refractivity contribution in [2.45, 2.75) is 30.7 Å². The van der Waals surface area contributed by atoms with E-state index in [1.807, 2.05) is 0 Å². The van der Waals surface area contributed by atoms with Gasteiger partial charge in [-0.1, -0.05) is 12.1 Å². The molecule has 0 heterocycles. The van der Waals surface area contributed by atoms with E-state index in [9.17, 15) is 13.2 Å². The maximum Gasteiger partial charge on any atom is 0.325 e. The number of para-hydroxylation sites is 1. The summed E-state index contributed by atoms with van der Waals surface area (Å²) in [7, 11) is -3.83. The van der Waals surface area contributed by atoms with Crippen LogP contribution in [0.5, 0.6) is 0 Å². The molecule has 0 spiro atoms. The van der Waals surface area contributed by atoms with Crippen molar-refractivity contribution in [2.24, 2.45) is 5.14 Å². The van der Waals surface area contributed by atoms with Crippen LogP contribution >= 0.6 is 0 Å². The molecule has 1 aromatic rings. The highest BCUT2D eigenvalue weighted by Gasteiger charge is 2.33. The minimum absolute atomic E-state index is 0.0328. The number of sulfonamides is 1. The molecule has 0 aromatic heterocycles. The van der Waals surface area contributed by atoms with Crippen molar-refractivity contribution in [1.29, 1.82) is 0 Å². The molecule has 2 N–H and O–H groups in total. The molecule has 0 atom stereocenters. The van der Waals surface area contributed by atoms with E-state index in [1.165, 1.54) is 6.07 Å². The number of nitrogens with zero attached hydrogens (tertiary/aromatic N) is 1. The third-order valence-electron chi connectivity index (χ3n) is 3.07. The molecule has 0 aliphatic heterocycles. The number of primary sulfonamides is 1. The summed E-state index contributed by atoms with van der Waals surface area (Å²) < 4.78 is 28.2. The molecule has 1 aliphatic rings. The van der Waals surface area contributed by atoms with Gasteiger partial charge in [0.15, 0.2) is 0 Å². The Balaban J connectivity index is 2.33. The lowest BCUT2D eigenvalue weighted by atomic mass is 10.2. The zero-order valence-electron chi connectivity index (χ0n) is 11.3. The summed E-state index contributed by atoms with van der Waals surface area (Å²) in [6.45, 7) is 2.07. The monoisotopic (exact) mass is 298 g/mol. The van der Waals surface area contributed by atoms with Crippen molar-refractivity contribution in [3.63, 3.8) is 0 Å². The fourth-order valence-electron chi connectivity index (χ4n) is 2.08. The average molecular weight is 298 g/mol. The molecule has 6 nitrogen and oxygen atoms in total. The second kappa shape index (κ2) is 5.80. The first kappa shape index (κ1) is 14.8. The van der Waals surface area contributed by atoms with Gasteiger partial charge in [0.1, 0.15) is 11.4 Å². The van der Waals surface area contributed by atoms with Crippen LogP contribution in [0.4, 0.5) is 5.69 Å². The number of hydrogen-bond donors (Lipinski definition) is 1. The van der Waals surface area contributed by atoms with Gasteiger partial charge in [-0.05, 0) is 31.9 Å². The molecule has 0 radical (unpaired) electrons. The number of carbonyl (C=O) groups excluding carboxylic acids is 1. The minimum atomic E-state index is -3.83. The van der Waals surface area contributed by atoms with E-state index < -0.39 is 10.0 Å². The van der Waals surface area contributed by atoms with Gasteiger partial charge < -0.3 is 9.64 Å². The van der Waals surface area contributed by atoms with Gasteiger partial charge in [0.05, 0.1) is 12.3 Å². The van der Waals surface area contributed by atoms with Gasteiger partial charge in [0.2, 0.25) is 10.0 Å². The second-order valence-electron chi connectivity index (χ2n) is 4.68. The van der Waals surface area contributed by atoms with E-state index in [1.54, 1.807) is 30.0 Å². The van der Waals surface area contributed by atoms with Crippen molar-refractivity contribution in [3.8, 4) is 0 Å². The number of anilines is 1. The largest absolute Gasteiger partial charge is 0.465 e. The van der Waals surface area contributed by atoms with Gasteiger partial charge in [0.25, 0.3) is 0 Å². The smallest absolute Gasteiger partial charge is 0.325 e. The SMILES string of the molecule is CCOC(=O)CN(c1ccccc1S(N)(=O)=O)C1CC1. The van der Waals surface area contributed by atoms with Crippen LogP contribution < -0.4 is 10.0 Å². The van der Waals surface area contributed by atoms with Crippen LogP contribution in [0.3, 0.4) is 0 Å². The lowest BCUT2D eigenvalue weighted by molar-refractivity contribution is -0.141. The molecular weight excluding hydrogens is 280 g/mol. The number of ether oxygens (including phenoxy) is 1. The Morgan fingerprint density at radius 3 is 2.60 bits per heavy atom. The lowest BCUT2D eigenvalue weighted by Crippen LogP contribution is -2.34. The van der Waals surface area contributed by atoms with Gasteiger partial charge in [0, 0.05) is 6.04 Å². The number of esters is 1. The molecule has 0 amide bonds. The van der Waals surface area contributed by atoms with E-state index in [-0.39, 0.29) is 23.5 Å². The molecule has 1 fully saturated rings. The molecule has 1 aliphatic carbocycles.